The molecule has 0 atom stereocenters. The lowest BCUT2D eigenvalue weighted by Gasteiger charge is -2.04. The van der Waals surface area contributed by atoms with Gasteiger partial charge in [0.15, 0.2) is 4.90 Å². The van der Waals surface area contributed by atoms with Crippen LogP contribution in [0.3, 0.4) is 0 Å². The van der Waals surface area contributed by atoms with Crippen LogP contribution >= 0.6 is 0 Å². The second-order valence-electron chi connectivity index (χ2n) is 3.16. The molecule has 6 nitrogen and oxygen atoms in total. The Morgan fingerprint density at radius 2 is 1.87 bits per heavy atom. The lowest BCUT2D eigenvalue weighted by atomic mass is 10.1. The number of hydrogen-bond acceptors (Lipinski definition) is 4. The predicted molar refractivity (Wildman–Crippen MR) is 52.4 cm³/mol. The summed E-state index contributed by atoms with van der Waals surface area (Å²) in [6.45, 7) is 3.00. The summed E-state index contributed by atoms with van der Waals surface area (Å²) in [7, 11) is -4.57. The lowest BCUT2D eigenvalue weighted by molar-refractivity contribution is -0.388. The third kappa shape index (κ3) is 2.31. The van der Waals surface area contributed by atoms with Gasteiger partial charge in [0.25, 0.3) is 5.69 Å². The van der Waals surface area contributed by atoms with Crippen molar-refractivity contribution in [2.75, 3.05) is 0 Å². The summed E-state index contributed by atoms with van der Waals surface area (Å²) >= 11 is 0. The molecule has 0 heterocycles. The maximum Gasteiger partial charge on any atom is 0.301 e. The van der Waals surface area contributed by atoms with Gasteiger partial charge in [-0.05, 0) is 25.0 Å². The highest BCUT2D eigenvalue weighted by Crippen LogP contribution is 2.28. The van der Waals surface area contributed by atoms with E-state index in [1.165, 1.54) is 13.0 Å². The quantitative estimate of drug-likeness (QED) is 0.472. The van der Waals surface area contributed by atoms with Crippen LogP contribution in [-0.2, 0) is 10.1 Å². The molecule has 7 heteroatoms. The first-order chi connectivity index (χ1) is 6.73. The summed E-state index contributed by atoms with van der Waals surface area (Å²) in [6, 6.07) is 2.56. The summed E-state index contributed by atoms with van der Waals surface area (Å²) in [5.74, 6) is 0. The van der Waals surface area contributed by atoms with Crippen molar-refractivity contribution in [2.24, 2.45) is 0 Å². The van der Waals surface area contributed by atoms with Crippen molar-refractivity contribution in [2.45, 2.75) is 18.7 Å². The maximum absolute atomic E-state index is 10.9. The van der Waals surface area contributed by atoms with Crippen molar-refractivity contribution >= 4 is 15.8 Å². The smallest absolute Gasteiger partial charge is 0.282 e. The summed E-state index contributed by atoms with van der Waals surface area (Å²) < 4.78 is 30.7. The van der Waals surface area contributed by atoms with Gasteiger partial charge in [0.2, 0.25) is 0 Å². The molecule has 0 unspecified atom stereocenters. The van der Waals surface area contributed by atoms with Gasteiger partial charge in [-0.25, -0.2) is 0 Å². The highest BCUT2D eigenvalue weighted by molar-refractivity contribution is 7.86. The van der Waals surface area contributed by atoms with Crippen LogP contribution in [0.1, 0.15) is 11.1 Å². The molecule has 82 valence electrons. The van der Waals surface area contributed by atoms with Gasteiger partial charge >= 0.3 is 10.1 Å². The van der Waals surface area contributed by atoms with E-state index in [1.54, 1.807) is 6.92 Å². The fourth-order valence-electron chi connectivity index (χ4n) is 1.40. The molecule has 15 heavy (non-hydrogen) atoms. The van der Waals surface area contributed by atoms with Crippen molar-refractivity contribution < 1.29 is 17.9 Å². The zero-order valence-corrected chi connectivity index (χ0v) is 8.91. The molecule has 0 amide bonds. The SMILES string of the molecule is Cc1cc(C)c(S(=O)(=O)O)c([N+](=O)[O-])c1. The Morgan fingerprint density at radius 1 is 1.33 bits per heavy atom. The molecular weight excluding hydrogens is 222 g/mol. The molecule has 0 aromatic heterocycles. The zero-order chi connectivity index (χ0) is 11.8. The fourth-order valence-corrected chi connectivity index (χ4v) is 2.27. The minimum Gasteiger partial charge on any atom is -0.282 e. The number of hydrogen-bond donors (Lipinski definition) is 1. The van der Waals surface area contributed by atoms with Crippen LogP contribution in [0.15, 0.2) is 17.0 Å². The van der Waals surface area contributed by atoms with E-state index in [0.717, 1.165) is 6.07 Å². The van der Waals surface area contributed by atoms with E-state index in [0.29, 0.717) is 5.56 Å². The van der Waals surface area contributed by atoms with Crippen LogP contribution < -0.4 is 0 Å². The van der Waals surface area contributed by atoms with Gasteiger partial charge in [-0.15, -0.1) is 0 Å². The van der Waals surface area contributed by atoms with Gasteiger partial charge in [0, 0.05) is 6.07 Å². The maximum atomic E-state index is 10.9. The van der Waals surface area contributed by atoms with E-state index in [4.69, 9.17) is 4.55 Å². The number of nitro benzene ring substituents is 1. The minimum atomic E-state index is -4.57. The second kappa shape index (κ2) is 3.59. The van der Waals surface area contributed by atoms with Crippen LogP contribution in [0.25, 0.3) is 0 Å². The van der Waals surface area contributed by atoms with Gasteiger partial charge in [0.1, 0.15) is 0 Å². The molecule has 1 aromatic rings. The topological polar surface area (TPSA) is 97.5 Å². The molecule has 0 saturated carbocycles. The lowest BCUT2D eigenvalue weighted by Crippen LogP contribution is -2.06. The number of rotatable bonds is 2. The Balaban J connectivity index is 3.70. The standard InChI is InChI=1S/C8H9NO5S/c1-5-3-6(2)8(15(12,13)14)7(4-5)9(10)11/h3-4H,1-2H3,(H,12,13,14). The second-order valence-corrected chi connectivity index (χ2v) is 4.52. The summed E-state index contributed by atoms with van der Waals surface area (Å²) in [6.07, 6.45) is 0. The number of nitrogens with zero attached hydrogens (tertiary/aromatic N) is 1. The highest BCUT2D eigenvalue weighted by atomic mass is 32.2. The Morgan fingerprint density at radius 3 is 2.27 bits per heavy atom. The van der Waals surface area contributed by atoms with Gasteiger partial charge in [-0.1, -0.05) is 6.07 Å². The van der Waals surface area contributed by atoms with Crippen LogP contribution in [0.2, 0.25) is 0 Å². The normalized spacial score (nSPS) is 11.4. The fraction of sp³-hybridized carbons (Fsp3) is 0.250. The zero-order valence-electron chi connectivity index (χ0n) is 8.09. The molecule has 0 saturated heterocycles. The monoisotopic (exact) mass is 231 g/mol. The van der Waals surface area contributed by atoms with Gasteiger partial charge in [-0.3, -0.25) is 14.7 Å². The average Bonchev–Trinajstić information content (AvgIpc) is 1.99. The van der Waals surface area contributed by atoms with Crippen LogP contribution in [0, 0.1) is 24.0 Å². The molecule has 0 aliphatic heterocycles. The molecule has 0 aliphatic rings. The highest BCUT2D eigenvalue weighted by Gasteiger charge is 2.26. The largest absolute Gasteiger partial charge is 0.301 e. The van der Waals surface area contributed by atoms with Crippen molar-refractivity contribution in [3.63, 3.8) is 0 Å². The van der Waals surface area contributed by atoms with E-state index in [1.807, 2.05) is 0 Å². The molecule has 0 radical (unpaired) electrons. The Hall–Kier alpha value is -1.47. The van der Waals surface area contributed by atoms with Crippen LogP contribution in [-0.4, -0.2) is 17.9 Å². The molecule has 0 spiro atoms. The van der Waals surface area contributed by atoms with E-state index < -0.39 is 25.6 Å². The van der Waals surface area contributed by atoms with Crippen LogP contribution in [0.4, 0.5) is 5.69 Å². The minimum absolute atomic E-state index is 0.157. The van der Waals surface area contributed by atoms with Gasteiger partial charge < -0.3 is 0 Å². The predicted octanol–water partition coefficient (Wildman–Crippen LogP) is 1.46. The summed E-state index contributed by atoms with van der Waals surface area (Å²) in [4.78, 5) is 9.13. The third-order valence-electron chi connectivity index (χ3n) is 1.85. The van der Waals surface area contributed by atoms with Gasteiger partial charge in [0.05, 0.1) is 4.92 Å². The first-order valence-electron chi connectivity index (χ1n) is 3.96. The molecular formula is C8H9NO5S. The Labute approximate surface area is 86.4 Å². The molecule has 1 rings (SSSR count). The van der Waals surface area contributed by atoms with Crippen molar-refractivity contribution in [3.8, 4) is 0 Å². The van der Waals surface area contributed by atoms with Crippen molar-refractivity contribution in [1.82, 2.24) is 0 Å². The Kier molecular flexibility index (Phi) is 2.78. The summed E-state index contributed by atoms with van der Waals surface area (Å²) in [5, 5.41) is 10.6. The van der Waals surface area contributed by atoms with E-state index in [-0.39, 0.29) is 5.56 Å². The first kappa shape index (κ1) is 11.6. The number of nitro groups is 1. The first-order valence-corrected chi connectivity index (χ1v) is 5.40. The Bertz CT molecular complexity index is 520. The number of benzene rings is 1. The average molecular weight is 231 g/mol. The van der Waals surface area contributed by atoms with Crippen LogP contribution in [0.5, 0.6) is 0 Å². The third-order valence-corrected chi connectivity index (χ3v) is 2.90. The molecule has 1 aromatic carbocycles. The number of aryl methyl sites for hydroxylation is 2. The van der Waals surface area contributed by atoms with Gasteiger partial charge in [-0.2, -0.15) is 8.42 Å². The van der Waals surface area contributed by atoms with Crippen molar-refractivity contribution in [3.05, 3.63) is 33.4 Å². The molecule has 0 fully saturated rings. The van der Waals surface area contributed by atoms with E-state index in [2.05, 4.69) is 0 Å². The molecule has 0 bridgehead atoms. The molecule has 0 aliphatic carbocycles. The molecule has 1 N–H and O–H groups in total. The summed E-state index contributed by atoms with van der Waals surface area (Å²) in [5.41, 5.74) is 0.116. The van der Waals surface area contributed by atoms with E-state index >= 15 is 0 Å². The van der Waals surface area contributed by atoms with Crippen molar-refractivity contribution in [1.29, 1.82) is 0 Å². The van der Waals surface area contributed by atoms with E-state index in [9.17, 15) is 18.5 Å².